The summed E-state index contributed by atoms with van der Waals surface area (Å²) in [6, 6.07) is 8.20. The fourth-order valence-corrected chi connectivity index (χ4v) is 2.87. The Labute approximate surface area is 127 Å². The van der Waals surface area contributed by atoms with Gasteiger partial charge in [-0.05, 0) is 56.0 Å². The van der Waals surface area contributed by atoms with Crippen LogP contribution in [0.5, 0.6) is 0 Å². The number of hydrogen-bond acceptors (Lipinski definition) is 3. The van der Waals surface area contributed by atoms with Crippen LogP contribution in [0.25, 0.3) is 0 Å². The number of nitrogens with one attached hydrogen (secondary N) is 1. The molecule has 116 valence electrons. The average Bonchev–Trinajstić information content (AvgIpc) is 2.47. The zero-order valence-electron chi connectivity index (χ0n) is 13.0. The Morgan fingerprint density at radius 3 is 2.81 bits per heavy atom. The van der Waals surface area contributed by atoms with Crippen LogP contribution >= 0.6 is 0 Å². The number of anilines is 1. The lowest BCUT2D eigenvalue weighted by Crippen LogP contribution is -2.33. The molecule has 1 fully saturated rings. The SMILES string of the molecule is CC1CCCN(Cc2ccc(NC(=O)CCCN)cc2)C1. The van der Waals surface area contributed by atoms with Crippen molar-refractivity contribution in [3.05, 3.63) is 29.8 Å². The maximum atomic E-state index is 11.6. The first-order valence-corrected chi connectivity index (χ1v) is 7.98. The lowest BCUT2D eigenvalue weighted by molar-refractivity contribution is -0.116. The van der Waals surface area contributed by atoms with Crippen molar-refractivity contribution in [3.63, 3.8) is 0 Å². The lowest BCUT2D eigenvalue weighted by atomic mass is 10.00. The Balaban J connectivity index is 1.82. The first-order chi connectivity index (χ1) is 10.2. The van der Waals surface area contributed by atoms with Gasteiger partial charge in [-0.15, -0.1) is 0 Å². The molecule has 1 heterocycles. The van der Waals surface area contributed by atoms with Gasteiger partial charge in [0.1, 0.15) is 0 Å². The predicted molar refractivity (Wildman–Crippen MR) is 87.0 cm³/mol. The Hall–Kier alpha value is -1.39. The highest BCUT2D eigenvalue weighted by Gasteiger charge is 2.16. The molecule has 1 saturated heterocycles. The normalized spacial score (nSPS) is 19.4. The standard InChI is InChI=1S/C17H27N3O/c1-14-4-3-11-20(12-14)13-15-6-8-16(9-7-15)19-17(21)5-2-10-18/h6-9,14H,2-5,10-13,18H2,1H3,(H,19,21). The van der Waals surface area contributed by atoms with E-state index in [2.05, 4.69) is 29.3 Å². The van der Waals surface area contributed by atoms with Crippen molar-refractivity contribution in [2.75, 3.05) is 25.0 Å². The molecule has 4 heteroatoms. The molecule has 0 aliphatic carbocycles. The summed E-state index contributed by atoms with van der Waals surface area (Å²) in [4.78, 5) is 14.2. The van der Waals surface area contributed by atoms with Crippen LogP contribution < -0.4 is 11.1 Å². The van der Waals surface area contributed by atoms with Crippen LogP contribution in [0.3, 0.4) is 0 Å². The van der Waals surface area contributed by atoms with Crippen molar-refractivity contribution in [2.45, 2.75) is 39.2 Å². The van der Waals surface area contributed by atoms with Crippen LogP contribution in [0.15, 0.2) is 24.3 Å². The molecule has 1 aliphatic heterocycles. The van der Waals surface area contributed by atoms with Crippen molar-refractivity contribution in [1.82, 2.24) is 4.90 Å². The molecule has 21 heavy (non-hydrogen) atoms. The Morgan fingerprint density at radius 1 is 1.38 bits per heavy atom. The van der Waals surface area contributed by atoms with Gasteiger partial charge in [0.2, 0.25) is 5.91 Å². The molecule has 1 atom stereocenters. The van der Waals surface area contributed by atoms with Gasteiger partial charge in [-0.25, -0.2) is 0 Å². The summed E-state index contributed by atoms with van der Waals surface area (Å²) in [5, 5.41) is 2.91. The van der Waals surface area contributed by atoms with Gasteiger partial charge in [-0.3, -0.25) is 9.69 Å². The van der Waals surface area contributed by atoms with Gasteiger partial charge in [-0.2, -0.15) is 0 Å². The topological polar surface area (TPSA) is 58.4 Å². The van der Waals surface area contributed by atoms with E-state index in [1.54, 1.807) is 0 Å². The van der Waals surface area contributed by atoms with Crippen molar-refractivity contribution in [1.29, 1.82) is 0 Å². The number of amides is 1. The van der Waals surface area contributed by atoms with E-state index in [-0.39, 0.29) is 5.91 Å². The van der Waals surface area contributed by atoms with Crippen LogP contribution in [0.2, 0.25) is 0 Å². The minimum atomic E-state index is 0.0399. The van der Waals surface area contributed by atoms with Crippen LogP contribution in [0.4, 0.5) is 5.69 Å². The van der Waals surface area contributed by atoms with Crippen molar-refractivity contribution in [3.8, 4) is 0 Å². The maximum Gasteiger partial charge on any atom is 0.224 e. The molecule has 0 saturated carbocycles. The lowest BCUT2D eigenvalue weighted by Gasteiger charge is -2.30. The van der Waals surface area contributed by atoms with Crippen LogP contribution in [-0.2, 0) is 11.3 Å². The van der Waals surface area contributed by atoms with Crippen molar-refractivity contribution in [2.24, 2.45) is 11.7 Å². The largest absolute Gasteiger partial charge is 0.330 e. The highest BCUT2D eigenvalue weighted by atomic mass is 16.1. The van der Waals surface area contributed by atoms with E-state index in [1.807, 2.05) is 12.1 Å². The van der Waals surface area contributed by atoms with Crippen LogP contribution in [0.1, 0.15) is 38.2 Å². The van der Waals surface area contributed by atoms with Crippen LogP contribution in [-0.4, -0.2) is 30.4 Å². The third-order valence-electron chi connectivity index (χ3n) is 3.99. The van der Waals surface area contributed by atoms with Gasteiger partial charge in [0, 0.05) is 25.2 Å². The molecule has 4 nitrogen and oxygen atoms in total. The third kappa shape index (κ3) is 5.48. The molecule has 1 amide bonds. The summed E-state index contributed by atoms with van der Waals surface area (Å²) in [6.45, 7) is 6.28. The molecule has 1 aromatic rings. The van der Waals surface area contributed by atoms with Crippen molar-refractivity contribution < 1.29 is 4.79 Å². The van der Waals surface area contributed by atoms with Crippen molar-refractivity contribution >= 4 is 11.6 Å². The zero-order valence-corrected chi connectivity index (χ0v) is 13.0. The van der Waals surface area contributed by atoms with E-state index in [0.717, 1.165) is 24.6 Å². The number of likely N-dealkylation sites (tertiary alicyclic amines) is 1. The number of carbonyl (C=O) groups is 1. The highest BCUT2D eigenvalue weighted by molar-refractivity contribution is 5.90. The Morgan fingerprint density at radius 2 is 2.14 bits per heavy atom. The van der Waals surface area contributed by atoms with E-state index in [0.29, 0.717) is 13.0 Å². The van der Waals surface area contributed by atoms with Gasteiger partial charge >= 0.3 is 0 Å². The second kappa shape index (κ2) is 8.15. The molecule has 0 aromatic heterocycles. The van der Waals surface area contributed by atoms with E-state index < -0.39 is 0 Å². The van der Waals surface area contributed by atoms with E-state index >= 15 is 0 Å². The molecule has 1 aromatic carbocycles. The second-order valence-corrected chi connectivity index (χ2v) is 6.12. The van der Waals surface area contributed by atoms with Gasteiger partial charge in [0.25, 0.3) is 0 Å². The molecule has 0 bridgehead atoms. The summed E-state index contributed by atoms with van der Waals surface area (Å²) >= 11 is 0. The fourth-order valence-electron chi connectivity index (χ4n) is 2.87. The summed E-state index contributed by atoms with van der Waals surface area (Å²) in [5.41, 5.74) is 7.58. The molecule has 0 radical (unpaired) electrons. The molecular weight excluding hydrogens is 262 g/mol. The van der Waals surface area contributed by atoms with E-state index in [9.17, 15) is 4.79 Å². The third-order valence-corrected chi connectivity index (χ3v) is 3.99. The molecule has 1 unspecified atom stereocenters. The predicted octanol–water partition coefficient (Wildman–Crippen LogP) is 2.60. The minimum Gasteiger partial charge on any atom is -0.330 e. The van der Waals surface area contributed by atoms with Crippen LogP contribution in [0, 0.1) is 5.92 Å². The average molecular weight is 289 g/mol. The summed E-state index contributed by atoms with van der Waals surface area (Å²) in [5.74, 6) is 0.845. The number of carbonyl (C=O) groups excluding carboxylic acids is 1. The Kier molecular flexibility index (Phi) is 6.21. The van der Waals surface area contributed by atoms with Gasteiger partial charge < -0.3 is 11.1 Å². The van der Waals surface area contributed by atoms with E-state index in [4.69, 9.17) is 5.73 Å². The zero-order chi connectivity index (χ0) is 15.1. The first kappa shape index (κ1) is 16.0. The first-order valence-electron chi connectivity index (χ1n) is 7.98. The number of nitrogens with zero attached hydrogens (tertiary/aromatic N) is 1. The van der Waals surface area contributed by atoms with Gasteiger partial charge in [0.15, 0.2) is 0 Å². The number of rotatable bonds is 6. The molecular formula is C17H27N3O. The summed E-state index contributed by atoms with van der Waals surface area (Å²) in [6.07, 6.45) is 3.88. The van der Waals surface area contributed by atoms with Gasteiger partial charge in [0.05, 0.1) is 0 Å². The quantitative estimate of drug-likeness (QED) is 0.846. The maximum absolute atomic E-state index is 11.6. The number of nitrogens with two attached hydrogens (primary N) is 1. The summed E-state index contributed by atoms with van der Waals surface area (Å²) < 4.78 is 0. The highest BCUT2D eigenvalue weighted by Crippen LogP contribution is 2.18. The number of piperidine rings is 1. The number of hydrogen-bond donors (Lipinski definition) is 2. The second-order valence-electron chi connectivity index (χ2n) is 6.12. The molecule has 0 spiro atoms. The smallest absolute Gasteiger partial charge is 0.224 e. The number of benzene rings is 1. The minimum absolute atomic E-state index is 0.0399. The van der Waals surface area contributed by atoms with E-state index in [1.165, 1.54) is 31.5 Å². The summed E-state index contributed by atoms with van der Waals surface area (Å²) in [7, 11) is 0. The monoisotopic (exact) mass is 289 g/mol. The molecule has 2 rings (SSSR count). The van der Waals surface area contributed by atoms with Gasteiger partial charge in [-0.1, -0.05) is 19.1 Å². The molecule has 1 aliphatic rings. The Bertz CT molecular complexity index is 444. The molecule has 3 N–H and O–H groups in total. The fraction of sp³-hybridized carbons (Fsp3) is 0.588.